The fourth-order valence-electron chi connectivity index (χ4n) is 5.11. The Morgan fingerprint density at radius 2 is 1.63 bits per heavy atom. The number of hydrogen-bond acceptors (Lipinski definition) is 2. The molecule has 1 unspecified atom stereocenters. The molecule has 0 aromatic rings. The lowest BCUT2D eigenvalue weighted by Gasteiger charge is -2.54. The van der Waals surface area contributed by atoms with E-state index in [0.717, 1.165) is 23.7 Å². The molecule has 1 amide bonds. The fraction of sp³-hybridized carbons (Fsp3) is 0.938. The molecule has 4 aliphatic carbocycles. The van der Waals surface area contributed by atoms with E-state index >= 15 is 0 Å². The smallest absolute Gasteiger partial charge is 0.224 e. The number of carbonyl (C=O) groups excluding carboxylic acids is 1. The minimum atomic E-state index is -0.0165. The second-order valence-electron chi connectivity index (χ2n) is 7.55. The van der Waals surface area contributed by atoms with E-state index in [0.29, 0.717) is 18.5 Å². The highest BCUT2D eigenvalue weighted by atomic mass is 16.2. The average molecular weight is 264 g/mol. The van der Waals surface area contributed by atoms with E-state index in [1.54, 1.807) is 0 Å². The maximum atomic E-state index is 12.4. The van der Waals surface area contributed by atoms with Crippen molar-refractivity contribution in [3.05, 3.63) is 0 Å². The Hall–Kier alpha value is -0.570. The van der Waals surface area contributed by atoms with Gasteiger partial charge in [0.05, 0.1) is 5.92 Å². The lowest BCUT2D eigenvalue weighted by atomic mass is 9.54. The second-order valence-corrected chi connectivity index (χ2v) is 7.55. The molecule has 4 rings (SSSR count). The molecule has 4 saturated carbocycles. The average Bonchev–Trinajstić information content (AvgIpc) is 2.33. The number of nitrogens with one attached hydrogen (secondary N) is 1. The van der Waals surface area contributed by atoms with Crippen LogP contribution in [0.2, 0.25) is 0 Å². The zero-order valence-electron chi connectivity index (χ0n) is 12.3. The number of carbonyl (C=O) groups is 1. The van der Waals surface area contributed by atoms with E-state index < -0.39 is 0 Å². The van der Waals surface area contributed by atoms with Gasteiger partial charge < -0.3 is 11.1 Å². The molecule has 3 heteroatoms. The number of hydrogen-bond donors (Lipinski definition) is 2. The molecule has 0 aromatic carbocycles. The van der Waals surface area contributed by atoms with Gasteiger partial charge in [-0.1, -0.05) is 13.8 Å². The molecule has 4 aliphatic rings. The summed E-state index contributed by atoms with van der Waals surface area (Å²) in [5.41, 5.74) is 5.76. The third-order valence-corrected chi connectivity index (χ3v) is 5.93. The number of nitrogens with two attached hydrogens (primary N) is 1. The molecule has 0 aliphatic heterocycles. The van der Waals surface area contributed by atoms with Crippen molar-refractivity contribution in [2.24, 2.45) is 41.2 Å². The zero-order valence-corrected chi connectivity index (χ0v) is 12.3. The Kier molecular flexibility index (Phi) is 3.59. The normalized spacial score (nSPS) is 41.6. The molecule has 3 N–H and O–H groups in total. The van der Waals surface area contributed by atoms with Crippen molar-refractivity contribution in [1.29, 1.82) is 0 Å². The van der Waals surface area contributed by atoms with E-state index in [1.165, 1.54) is 32.1 Å². The highest BCUT2D eigenvalue weighted by molar-refractivity contribution is 5.79. The molecule has 0 heterocycles. The van der Waals surface area contributed by atoms with Gasteiger partial charge in [0.2, 0.25) is 5.91 Å². The Bertz CT molecular complexity index is 325. The molecule has 108 valence electrons. The monoisotopic (exact) mass is 264 g/mol. The molecular weight excluding hydrogens is 236 g/mol. The zero-order chi connectivity index (χ0) is 13.6. The molecule has 0 saturated heterocycles. The van der Waals surface area contributed by atoms with Crippen LogP contribution in [-0.4, -0.2) is 18.5 Å². The van der Waals surface area contributed by atoms with Crippen LogP contribution in [-0.2, 0) is 4.79 Å². The van der Waals surface area contributed by atoms with Crippen LogP contribution in [0.4, 0.5) is 0 Å². The summed E-state index contributed by atoms with van der Waals surface area (Å²) < 4.78 is 0. The Labute approximate surface area is 116 Å². The van der Waals surface area contributed by atoms with Gasteiger partial charge in [-0.15, -0.1) is 0 Å². The van der Waals surface area contributed by atoms with Crippen molar-refractivity contribution in [3.63, 3.8) is 0 Å². The van der Waals surface area contributed by atoms with Gasteiger partial charge in [0.15, 0.2) is 0 Å². The van der Waals surface area contributed by atoms with Crippen LogP contribution < -0.4 is 11.1 Å². The first-order chi connectivity index (χ1) is 9.08. The molecule has 3 nitrogen and oxygen atoms in total. The van der Waals surface area contributed by atoms with Crippen LogP contribution in [0.5, 0.6) is 0 Å². The Morgan fingerprint density at radius 3 is 2.05 bits per heavy atom. The molecule has 0 radical (unpaired) electrons. The van der Waals surface area contributed by atoms with Crippen LogP contribution in [0.1, 0.15) is 46.0 Å². The molecule has 0 aromatic heterocycles. The third kappa shape index (κ3) is 2.42. The summed E-state index contributed by atoms with van der Waals surface area (Å²) in [4.78, 5) is 12.4. The minimum absolute atomic E-state index is 0.0165. The van der Waals surface area contributed by atoms with Gasteiger partial charge >= 0.3 is 0 Å². The number of amides is 1. The molecule has 19 heavy (non-hydrogen) atoms. The second kappa shape index (κ2) is 5.08. The lowest BCUT2D eigenvalue weighted by Crippen LogP contribution is -2.57. The van der Waals surface area contributed by atoms with Crippen molar-refractivity contribution in [2.75, 3.05) is 6.54 Å². The van der Waals surface area contributed by atoms with Gasteiger partial charge in [-0.25, -0.2) is 0 Å². The maximum absolute atomic E-state index is 12.4. The van der Waals surface area contributed by atoms with Crippen molar-refractivity contribution in [1.82, 2.24) is 5.32 Å². The largest absolute Gasteiger partial charge is 0.353 e. The van der Waals surface area contributed by atoms with E-state index in [4.69, 9.17) is 5.73 Å². The predicted octanol–water partition coefficient (Wildman–Crippen LogP) is 2.16. The molecule has 4 fully saturated rings. The summed E-state index contributed by atoms with van der Waals surface area (Å²) in [6, 6.07) is 0.452. The summed E-state index contributed by atoms with van der Waals surface area (Å²) >= 11 is 0. The van der Waals surface area contributed by atoms with Crippen molar-refractivity contribution >= 4 is 5.91 Å². The van der Waals surface area contributed by atoms with E-state index in [-0.39, 0.29) is 11.8 Å². The molecule has 4 bridgehead atoms. The molecule has 0 spiro atoms. The highest BCUT2D eigenvalue weighted by Gasteiger charge is 2.48. The first kappa shape index (κ1) is 13.4. The standard InChI is InChI=1S/C16H28N2O/c1-9(2)14(8-17)16(19)18-15-12-4-10-3-11(6-12)7-13(15)5-10/h9-15H,3-8,17H2,1-2H3,(H,18,19). The first-order valence-corrected chi connectivity index (χ1v) is 8.09. The maximum Gasteiger partial charge on any atom is 0.224 e. The van der Waals surface area contributed by atoms with Crippen LogP contribution in [0.3, 0.4) is 0 Å². The van der Waals surface area contributed by atoms with E-state index in [2.05, 4.69) is 19.2 Å². The summed E-state index contributed by atoms with van der Waals surface area (Å²) in [6.45, 7) is 4.65. The lowest BCUT2D eigenvalue weighted by molar-refractivity contribution is -0.130. The quantitative estimate of drug-likeness (QED) is 0.817. The van der Waals surface area contributed by atoms with Gasteiger partial charge in [-0.2, -0.15) is 0 Å². The van der Waals surface area contributed by atoms with E-state index in [9.17, 15) is 4.79 Å². The fourth-order valence-corrected chi connectivity index (χ4v) is 5.11. The van der Waals surface area contributed by atoms with Crippen LogP contribution in [0.25, 0.3) is 0 Å². The van der Waals surface area contributed by atoms with Gasteiger partial charge in [-0.3, -0.25) is 4.79 Å². The summed E-state index contributed by atoms with van der Waals surface area (Å²) in [5, 5.41) is 3.38. The van der Waals surface area contributed by atoms with Crippen LogP contribution in [0, 0.1) is 35.5 Å². The SMILES string of the molecule is CC(C)C(CN)C(=O)NC1C2CC3CC(C2)CC1C3. The summed E-state index contributed by atoms with van der Waals surface area (Å²) in [7, 11) is 0. The summed E-state index contributed by atoms with van der Waals surface area (Å²) in [6.07, 6.45) is 6.88. The molecule has 1 atom stereocenters. The molecular formula is C16H28N2O. The highest BCUT2D eigenvalue weighted by Crippen LogP contribution is 2.53. The minimum Gasteiger partial charge on any atom is -0.353 e. The van der Waals surface area contributed by atoms with Gasteiger partial charge in [0.1, 0.15) is 0 Å². The van der Waals surface area contributed by atoms with E-state index in [1.807, 2.05) is 0 Å². The van der Waals surface area contributed by atoms with Crippen molar-refractivity contribution in [2.45, 2.75) is 52.0 Å². The summed E-state index contributed by atoms with van der Waals surface area (Å²) in [5.74, 6) is 3.96. The van der Waals surface area contributed by atoms with Gasteiger partial charge in [0, 0.05) is 12.6 Å². The first-order valence-electron chi connectivity index (χ1n) is 8.09. The third-order valence-electron chi connectivity index (χ3n) is 5.93. The van der Waals surface area contributed by atoms with Gasteiger partial charge in [0.25, 0.3) is 0 Å². The van der Waals surface area contributed by atoms with Gasteiger partial charge in [-0.05, 0) is 61.7 Å². The topological polar surface area (TPSA) is 55.1 Å². The van der Waals surface area contributed by atoms with Crippen molar-refractivity contribution in [3.8, 4) is 0 Å². The van der Waals surface area contributed by atoms with Crippen molar-refractivity contribution < 1.29 is 4.79 Å². The predicted molar refractivity (Wildman–Crippen MR) is 76.4 cm³/mol. The van der Waals surface area contributed by atoms with Crippen LogP contribution in [0.15, 0.2) is 0 Å². The Balaban J connectivity index is 1.65. The number of rotatable bonds is 4. The van der Waals surface area contributed by atoms with Crippen LogP contribution >= 0.6 is 0 Å². The Morgan fingerprint density at radius 1 is 1.11 bits per heavy atom.